The summed E-state index contributed by atoms with van der Waals surface area (Å²) >= 11 is 0. The number of amides is 1. The van der Waals surface area contributed by atoms with Gasteiger partial charge in [-0.2, -0.15) is 0 Å². The van der Waals surface area contributed by atoms with E-state index in [1.807, 2.05) is 0 Å². The minimum atomic E-state index is -1.01. The molecule has 2 aromatic heterocycles. The predicted octanol–water partition coefficient (Wildman–Crippen LogP) is 5.23. The van der Waals surface area contributed by atoms with Gasteiger partial charge >= 0.3 is 0 Å². The van der Waals surface area contributed by atoms with Crippen LogP contribution in [-0.2, 0) is 0 Å². The molecule has 1 saturated carbocycles. The van der Waals surface area contributed by atoms with Crippen LogP contribution in [-0.4, -0.2) is 41.7 Å². The molecule has 0 radical (unpaired) electrons. The molecule has 0 spiro atoms. The Balaban J connectivity index is 1.39. The molecule has 0 unspecified atom stereocenters. The number of pyridine rings is 2. The van der Waals surface area contributed by atoms with E-state index in [0.29, 0.717) is 28.2 Å². The summed E-state index contributed by atoms with van der Waals surface area (Å²) in [6.45, 7) is 2.06. The molecule has 4 aromatic rings. The SMILES string of the molecule is COc1cc2c(Oc3c(F)cc(NC(=O)c4cnccc4OC4CC4)cc3F)ccnc2cc1OC[C@@H](C)N. The van der Waals surface area contributed by atoms with Crippen LogP contribution in [0.25, 0.3) is 10.9 Å². The van der Waals surface area contributed by atoms with Crippen LogP contribution < -0.4 is 30.0 Å². The number of anilines is 1. The maximum atomic E-state index is 15.1. The molecule has 39 heavy (non-hydrogen) atoms. The highest BCUT2D eigenvalue weighted by molar-refractivity contribution is 6.06. The molecule has 0 aliphatic heterocycles. The second kappa shape index (κ2) is 11.1. The van der Waals surface area contributed by atoms with Gasteiger partial charge in [0.15, 0.2) is 28.9 Å². The summed E-state index contributed by atoms with van der Waals surface area (Å²) in [7, 11) is 1.47. The third-order valence-electron chi connectivity index (χ3n) is 5.80. The van der Waals surface area contributed by atoms with Crippen LogP contribution in [0.15, 0.2) is 55.0 Å². The third kappa shape index (κ3) is 5.99. The monoisotopic (exact) mass is 536 g/mol. The van der Waals surface area contributed by atoms with E-state index in [1.165, 1.54) is 31.8 Å². The van der Waals surface area contributed by atoms with Gasteiger partial charge in [-0.25, -0.2) is 8.78 Å². The first-order valence-electron chi connectivity index (χ1n) is 12.3. The molecular formula is C28H26F2N4O5. The van der Waals surface area contributed by atoms with Crippen LogP contribution in [0, 0.1) is 11.6 Å². The Morgan fingerprint density at radius 3 is 2.51 bits per heavy atom. The first-order valence-corrected chi connectivity index (χ1v) is 12.3. The second-order valence-corrected chi connectivity index (χ2v) is 9.13. The van der Waals surface area contributed by atoms with Gasteiger partial charge in [0.1, 0.15) is 18.1 Å². The summed E-state index contributed by atoms with van der Waals surface area (Å²) in [5.41, 5.74) is 6.29. The standard InChI is InChI=1S/C28H26F2N4O5/c1-15(31)14-37-26-12-22-18(11-25(26)36-2)23(6-8-33-22)39-27-20(29)9-16(10-21(27)30)34-28(35)19-13-32-7-5-24(19)38-17-3-4-17/h5-13,15,17H,3-4,14,31H2,1-2H3,(H,34,35)/t15-/m1/s1. The number of ether oxygens (including phenoxy) is 4. The molecule has 0 saturated heterocycles. The van der Waals surface area contributed by atoms with Gasteiger partial charge in [-0.3, -0.25) is 14.8 Å². The molecule has 11 heteroatoms. The number of benzene rings is 2. The van der Waals surface area contributed by atoms with Crippen LogP contribution in [0.5, 0.6) is 28.7 Å². The molecule has 5 rings (SSSR count). The van der Waals surface area contributed by atoms with Gasteiger partial charge in [-0.1, -0.05) is 0 Å². The Morgan fingerprint density at radius 1 is 1.08 bits per heavy atom. The minimum absolute atomic E-state index is 0.0586. The van der Waals surface area contributed by atoms with E-state index < -0.39 is 23.3 Å². The van der Waals surface area contributed by atoms with Crippen molar-refractivity contribution in [1.29, 1.82) is 0 Å². The number of halogens is 2. The van der Waals surface area contributed by atoms with Crippen molar-refractivity contribution in [3.8, 4) is 28.7 Å². The van der Waals surface area contributed by atoms with Gasteiger partial charge in [0.2, 0.25) is 0 Å². The average molecular weight is 537 g/mol. The largest absolute Gasteiger partial charge is 0.493 e. The number of aromatic nitrogens is 2. The molecule has 9 nitrogen and oxygen atoms in total. The number of nitrogens with zero attached hydrogens (tertiary/aromatic N) is 2. The van der Waals surface area contributed by atoms with E-state index >= 15 is 8.78 Å². The number of methoxy groups -OCH3 is 1. The average Bonchev–Trinajstić information content (AvgIpc) is 3.73. The zero-order valence-corrected chi connectivity index (χ0v) is 21.2. The van der Waals surface area contributed by atoms with E-state index in [4.69, 9.17) is 24.7 Å². The molecule has 202 valence electrons. The maximum absolute atomic E-state index is 15.1. The minimum Gasteiger partial charge on any atom is -0.493 e. The Kier molecular flexibility index (Phi) is 7.42. The van der Waals surface area contributed by atoms with Crippen molar-refractivity contribution >= 4 is 22.5 Å². The van der Waals surface area contributed by atoms with Gasteiger partial charge in [0.25, 0.3) is 5.91 Å². The maximum Gasteiger partial charge on any atom is 0.261 e. The number of carbonyl (C=O) groups is 1. The molecule has 2 aromatic carbocycles. The van der Waals surface area contributed by atoms with Crippen LogP contribution >= 0.6 is 0 Å². The lowest BCUT2D eigenvalue weighted by molar-refractivity contribution is 0.102. The molecule has 1 amide bonds. The highest BCUT2D eigenvalue weighted by atomic mass is 19.1. The molecular weight excluding hydrogens is 510 g/mol. The summed E-state index contributed by atoms with van der Waals surface area (Å²) in [5.74, 6) is -1.99. The second-order valence-electron chi connectivity index (χ2n) is 9.13. The number of nitrogens with one attached hydrogen (secondary N) is 1. The molecule has 1 fully saturated rings. The Labute approximate surface area is 222 Å². The van der Waals surface area contributed by atoms with E-state index in [-0.39, 0.29) is 35.8 Å². The van der Waals surface area contributed by atoms with Crippen LogP contribution in [0.2, 0.25) is 0 Å². The van der Waals surface area contributed by atoms with Gasteiger partial charge in [0, 0.05) is 53.9 Å². The predicted molar refractivity (Wildman–Crippen MR) is 140 cm³/mol. The first kappa shape index (κ1) is 26.1. The number of hydrogen-bond donors (Lipinski definition) is 2. The Morgan fingerprint density at radius 2 is 1.82 bits per heavy atom. The lowest BCUT2D eigenvalue weighted by atomic mass is 10.1. The van der Waals surface area contributed by atoms with Gasteiger partial charge in [-0.05, 0) is 38.0 Å². The lowest BCUT2D eigenvalue weighted by Crippen LogP contribution is -2.23. The highest BCUT2D eigenvalue weighted by Crippen LogP contribution is 2.39. The quantitative estimate of drug-likeness (QED) is 0.283. The number of hydrogen-bond acceptors (Lipinski definition) is 8. The van der Waals surface area contributed by atoms with Crippen molar-refractivity contribution in [3.05, 3.63) is 72.2 Å². The topological polar surface area (TPSA) is 118 Å². The zero-order valence-electron chi connectivity index (χ0n) is 21.2. The summed E-state index contributed by atoms with van der Waals surface area (Å²) < 4.78 is 52.6. The van der Waals surface area contributed by atoms with Crippen molar-refractivity contribution < 1.29 is 32.5 Å². The molecule has 2 heterocycles. The van der Waals surface area contributed by atoms with Gasteiger partial charge in [-0.15, -0.1) is 0 Å². The van der Waals surface area contributed by atoms with E-state index in [9.17, 15) is 4.79 Å². The third-order valence-corrected chi connectivity index (χ3v) is 5.80. The number of rotatable bonds is 10. The van der Waals surface area contributed by atoms with Crippen molar-refractivity contribution in [2.75, 3.05) is 19.0 Å². The normalized spacial score (nSPS) is 13.6. The Hall–Kier alpha value is -4.51. The van der Waals surface area contributed by atoms with E-state index in [2.05, 4.69) is 15.3 Å². The fourth-order valence-corrected chi connectivity index (χ4v) is 3.77. The fourth-order valence-electron chi connectivity index (χ4n) is 3.77. The van der Waals surface area contributed by atoms with Crippen molar-refractivity contribution in [2.45, 2.75) is 31.9 Å². The van der Waals surface area contributed by atoms with Crippen LogP contribution in [0.1, 0.15) is 30.1 Å². The first-order chi connectivity index (χ1) is 18.8. The Bertz CT molecular complexity index is 1500. The van der Waals surface area contributed by atoms with Crippen molar-refractivity contribution in [1.82, 2.24) is 9.97 Å². The fraction of sp³-hybridized carbons (Fsp3) is 0.250. The number of nitrogens with two attached hydrogens (primary N) is 1. The van der Waals surface area contributed by atoms with Crippen molar-refractivity contribution in [2.24, 2.45) is 5.73 Å². The molecule has 1 atom stereocenters. The molecule has 1 aliphatic carbocycles. The number of fused-ring (bicyclic) bond motifs is 1. The van der Waals surface area contributed by atoms with Gasteiger partial charge in [0.05, 0.1) is 24.3 Å². The molecule has 3 N–H and O–H groups in total. The highest BCUT2D eigenvalue weighted by Gasteiger charge is 2.26. The lowest BCUT2D eigenvalue weighted by Gasteiger charge is -2.15. The smallest absolute Gasteiger partial charge is 0.261 e. The van der Waals surface area contributed by atoms with Crippen LogP contribution in [0.3, 0.4) is 0 Å². The number of carbonyl (C=O) groups excluding carboxylic acids is 1. The van der Waals surface area contributed by atoms with Crippen LogP contribution in [0.4, 0.5) is 14.5 Å². The molecule has 0 bridgehead atoms. The summed E-state index contributed by atoms with van der Waals surface area (Å²) in [5, 5.41) is 2.93. The van der Waals surface area contributed by atoms with E-state index in [1.54, 1.807) is 25.1 Å². The summed E-state index contributed by atoms with van der Waals surface area (Å²) in [6.07, 6.45) is 6.16. The molecule has 1 aliphatic rings. The van der Waals surface area contributed by atoms with Gasteiger partial charge < -0.3 is 30.0 Å². The van der Waals surface area contributed by atoms with E-state index in [0.717, 1.165) is 25.0 Å². The summed E-state index contributed by atoms with van der Waals surface area (Å²) in [4.78, 5) is 21.1. The zero-order chi connectivity index (χ0) is 27.5. The van der Waals surface area contributed by atoms with Crippen molar-refractivity contribution in [3.63, 3.8) is 0 Å². The summed E-state index contributed by atoms with van der Waals surface area (Å²) in [6, 6.07) is 8.03.